The SMILES string of the molecule is COc1cccc(-n2nnc3c(N4CCN(S(=O)(=O)N(C)C)CC4)ncnc32)c1. The summed E-state index contributed by atoms with van der Waals surface area (Å²) in [5.41, 5.74) is 1.92. The highest BCUT2D eigenvalue weighted by Crippen LogP contribution is 2.25. The summed E-state index contributed by atoms with van der Waals surface area (Å²) in [6.07, 6.45) is 1.47. The standard InChI is InChI=1S/C17H22N8O3S/c1-22(2)29(26,27)24-9-7-23(8-10-24)16-15-17(19-12-18-16)25(21-20-15)13-5-4-6-14(11-13)28-3/h4-6,11-12H,7-10H2,1-3H3. The van der Waals surface area contributed by atoms with Crippen LogP contribution in [0.1, 0.15) is 0 Å². The lowest BCUT2D eigenvalue weighted by atomic mass is 10.3. The van der Waals surface area contributed by atoms with Crippen LogP contribution in [0.25, 0.3) is 16.9 Å². The highest BCUT2D eigenvalue weighted by atomic mass is 32.2. The number of aromatic nitrogens is 5. The second-order valence-corrected chi connectivity index (χ2v) is 8.89. The number of rotatable bonds is 5. The fourth-order valence-corrected chi connectivity index (χ4v) is 4.33. The largest absolute Gasteiger partial charge is 0.497 e. The summed E-state index contributed by atoms with van der Waals surface area (Å²) >= 11 is 0. The van der Waals surface area contributed by atoms with Crippen molar-refractivity contribution in [2.75, 3.05) is 52.3 Å². The van der Waals surface area contributed by atoms with Crippen LogP contribution in [0, 0.1) is 0 Å². The van der Waals surface area contributed by atoms with Crippen LogP contribution in [0.2, 0.25) is 0 Å². The van der Waals surface area contributed by atoms with Gasteiger partial charge in [0.25, 0.3) is 10.2 Å². The molecule has 1 aliphatic heterocycles. The number of hydrogen-bond acceptors (Lipinski definition) is 8. The monoisotopic (exact) mass is 418 g/mol. The average Bonchev–Trinajstić information content (AvgIpc) is 3.18. The number of hydrogen-bond donors (Lipinski definition) is 0. The van der Waals surface area contributed by atoms with Crippen LogP contribution in [0.5, 0.6) is 5.75 Å². The van der Waals surface area contributed by atoms with Crippen molar-refractivity contribution in [3.05, 3.63) is 30.6 Å². The molecule has 0 radical (unpaired) electrons. The molecule has 154 valence electrons. The van der Waals surface area contributed by atoms with E-state index < -0.39 is 10.2 Å². The number of piperazine rings is 1. The fourth-order valence-electron chi connectivity index (χ4n) is 3.25. The van der Waals surface area contributed by atoms with Crippen LogP contribution < -0.4 is 9.64 Å². The van der Waals surface area contributed by atoms with E-state index in [1.807, 2.05) is 29.2 Å². The first-order valence-electron chi connectivity index (χ1n) is 9.05. The highest BCUT2D eigenvalue weighted by molar-refractivity contribution is 7.86. The molecule has 0 spiro atoms. The van der Waals surface area contributed by atoms with Crippen molar-refractivity contribution in [3.8, 4) is 11.4 Å². The molecule has 12 heteroatoms. The van der Waals surface area contributed by atoms with E-state index in [9.17, 15) is 8.42 Å². The molecule has 0 aliphatic carbocycles. The third-order valence-electron chi connectivity index (χ3n) is 4.84. The summed E-state index contributed by atoms with van der Waals surface area (Å²) in [7, 11) is 1.25. The Hall–Kier alpha value is -2.83. The van der Waals surface area contributed by atoms with Crippen molar-refractivity contribution in [1.82, 2.24) is 33.6 Å². The number of benzene rings is 1. The lowest BCUT2D eigenvalue weighted by molar-refractivity contribution is 0.355. The minimum Gasteiger partial charge on any atom is -0.497 e. The minimum absolute atomic E-state index is 0.371. The van der Waals surface area contributed by atoms with E-state index in [2.05, 4.69) is 20.3 Å². The summed E-state index contributed by atoms with van der Waals surface area (Å²) in [6, 6.07) is 7.46. The number of anilines is 1. The Labute approximate surface area is 168 Å². The van der Waals surface area contributed by atoms with Gasteiger partial charge in [0.1, 0.15) is 12.1 Å². The lowest BCUT2D eigenvalue weighted by Crippen LogP contribution is -2.52. The van der Waals surface area contributed by atoms with E-state index in [1.54, 1.807) is 11.8 Å². The molecule has 1 saturated heterocycles. The number of methoxy groups -OCH3 is 1. The number of ether oxygens (including phenoxy) is 1. The van der Waals surface area contributed by atoms with Gasteiger partial charge >= 0.3 is 0 Å². The molecule has 3 heterocycles. The van der Waals surface area contributed by atoms with Crippen molar-refractivity contribution in [2.24, 2.45) is 0 Å². The molecular formula is C17H22N8O3S. The Bertz CT molecular complexity index is 1120. The number of fused-ring (bicyclic) bond motifs is 1. The molecule has 0 saturated carbocycles. The van der Waals surface area contributed by atoms with E-state index in [-0.39, 0.29) is 0 Å². The predicted octanol–water partition coefficient (Wildman–Crippen LogP) is 0.148. The van der Waals surface area contributed by atoms with Crippen molar-refractivity contribution < 1.29 is 13.2 Å². The van der Waals surface area contributed by atoms with Crippen LogP contribution in [0.15, 0.2) is 30.6 Å². The third-order valence-corrected chi connectivity index (χ3v) is 6.78. The molecule has 0 atom stereocenters. The van der Waals surface area contributed by atoms with Gasteiger partial charge < -0.3 is 9.64 Å². The van der Waals surface area contributed by atoms with E-state index in [0.717, 1.165) is 5.69 Å². The summed E-state index contributed by atoms with van der Waals surface area (Å²) in [5.74, 6) is 1.35. The zero-order valence-electron chi connectivity index (χ0n) is 16.4. The van der Waals surface area contributed by atoms with Gasteiger partial charge in [0.05, 0.1) is 12.8 Å². The van der Waals surface area contributed by atoms with Crippen LogP contribution in [-0.2, 0) is 10.2 Å². The first kappa shape index (κ1) is 19.5. The van der Waals surface area contributed by atoms with Gasteiger partial charge in [0.2, 0.25) is 0 Å². The molecule has 1 aliphatic rings. The van der Waals surface area contributed by atoms with Crippen LogP contribution in [0.3, 0.4) is 0 Å². The summed E-state index contributed by atoms with van der Waals surface area (Å²) < 4.78 is 34.3. The maximum atomic E-state index is 12.3. The van der Waals surface area contributed by atoms with E-state index in [0.29, 0.717) is 48.9 Å². The summed E-state index contributed by atoms with van der Waals surface area (Å²) in [5, 5.41) is 8.53. The summed E-state index contributed by atoms with van der Waals surface area (Å²) in [4.78, 5) is 10.8. The van der Waals surface area contributed by atoms with Gasteiger partial charge in [0, 0.05) is 46.3 Å². The van der Waals surface area contributed by atoms with Gasteiger partial charge in [0.15, 0.2) is 17.0 Å². The van der Waals surface area contributed by atoms with E-state index >= 15 is 0 Å². The molecule has 2 aromatic heterocycles. The average molecular weight is 418 g/mol. The smallest absolute Gasteiger partial charge is 0.281 e. The maximum Gasteiger partial charge on any atom is 0.281 e. The van der Waals surface area contributed by atoms with Gasteiger partial charge in [-0.25, -0.2) is 9.97 Å². The highest BCUT2D eigenvalue weighted by Gasteiger charge is 2.30. The maximum absolute atomic E-state index is 12.3. The normalized spacial score (nSPS) is 15.9. The molecule has 29 heavy (non-hydrogen) atoms. The van der Waals surface area contributed by atoms with E-state index in [1.165, 1.54) is 29.0 Å². The van der Waals surface area contributed by atoms with Crippen LogP contribution in [0.4, 0.5) is 5.82 Å². The van der Waals surface area contributed by atoms with Crippen molar-refractivity contribution >= 4 is 27.2 Å². The molecule has 1 aromatic carbocycles. The van der Waals surface area contributed by atoms with Gasteiger partial charge in [-0.1, -0.05) is 11.3 Å². The molecule has 0 N–H and O–H groups in total. The van der Waals surface area contributed by atoms with E-state index in [4.69, 9.17) is 4.74 Å². The third kappa shape index (κ3) is 3.50. The number of nitrogens with zero attached hydrogens (tertiary/aromatic N) is 8. The Balaban J connectivity index is 1.63. The zero-order valence-corrected chi connectivity index (χ0v) is 17.2. The van der Waals surface area contributed by atoms with Crippen LogP contribution >= 0.6 is 0 Å². The molecule has 3 aromatic rings. The Morgan fingerprint density at radius 2 is 1.86 bits per heavy atom. The van der Waals surface area contributed by atoms with Gasteiger partial charge in [-0.05, 0) is 12.1 Å². The molecule has 0 unspecified atom stereocenters. The predicted molar refractivity (Wildman–Crippen MR) is 107 cm³/mol. The molecule has 0 bridgehead atoms. The second-order valence-electron chi connectivity index (χ2n) is 6.75. The molecular weight excluding hydrogens is 396 g/mol. The van der Waals surface area contributed by atoms with Crippen LogP contribution in [-0.4, -0.2) is 89.4 Å². The Kier molecular flexibility index (Phi) is 5.06. The minimum atomic E-state index is -3.42. The summed E-state index contributed by atoms with van der Waals surface area (Å²) in [6.45, 7) is 1.75. The fraction of sp³-hybridized carbons (Fsp3) is 0.412. The lowest BCUT2D eigenvalue weighted by Gasteiger charge is -2.35. The molecule has 0 amide bonds. The molecule has 1 fully saturated rings. The zero-order chi connectivity index (χ0) is 20.6. The Morgan fingerprint density at radius 3 is 2.55 bits per heavy atom. The topological polar surface area (TPSA) is 110 Å². The Morgan fingerprint density at radius 1 is 1.10 bits per heavy atom. The van der Waals surface area contributed by atoms with Crippen molar-refractivity contribution in [3.63, 3.8) is 0 Å². The first-order valence-corrected chi connectivity index (χ1v) is 10.4. The van der Waals surface area contributed by atoms with Gasteiger partial charge in [-0.2, -0.15) is 21.7 Å². The van der Waals surface area contributed by atoms with Crippen molar-refractivity contribution in [2.45, 2.75) is 0 Å². The van der Waals surface area contributed by atoms with Gasteiger partial charge in [-0.3, -0.25) is 0 Å². The molecule has 4 rings (SSSR count). The molecule has 11 nitrogen and oxygen atoms in total. The first-order chi connectivity index (χ1) is 13.9. The quantitative estimate of drug-likeness (QED) is 0.576. The van der Waals surface area contributed by atoms with Gasteiger partial charge in [-0.15, -0.1) is 5.10 Å². The van der Waals surface area contributed by atoms with Crippen molar-refractivity contribution in [1.29, 1.82) is 0 Å². The second kappa shape index (κ2) is 7.54.